The standard InChI is InChI=1S/C18H23ClN2O2/c19-15-9-12(5-6-16(15)20-7-1-2-8-20)18(23)21-10-13-3-4-14(11-21)17(13)22/h5-6,9,13-14,17,22H,1-4,7-8,10-11H2/t13-,14+,17?. The molecule has 3 atom stereocenters. The molecule has 3 aliphatic rings. The number of fused-ring (bicyclic) bond motifs is 2. The van der Waals surface area contributed by atoms with Gasteiger partial charge in [0.1, 0.15) is 0 Å². The Hall–Kier alpha value is -1.26. The molecular weight excluding hydrogens is 312 g/mol. The zero-order valence-electron chi connectivity index (χ0n) is 13.2. The van der Waals surface area contributed by atoms with Crippen LogP contribution < -0.4 is 4.90 Å². The van der Waals surface area contributed by atoms with Crippen molar-refractivity contribution in [1.29, 1.82) is 0 Å². The molecule has 1 N–H and O–H groups in total. The first-order valence-electron chi connectivity index (χ1n) is 8.65. The molecule has 2 saturated heterocycles. The lowest BCUT2D eigenvalue weighted by Gasteiger charge is -2.35. The molecule has 5 heteroatoms. The highest BCUT2D eigenvalue weighted by Gasteiger charge is 2.42. The lowest BCUT2D eigenvalue weighted by atomic mass is 9.94. The predicted molar refractivity (Wildman–Crippen MR) is 91.0 cm³/mol. The molecule has 2 aliphatic heterocycles. The number of aliphatic hydroxyl groups excluding tert-OH is 1. The van der Waals surface area contributed by atoms with Crippen molar-refractivity contribution in [1.82, 2.24) is 4.90 Å². The van der Waals surface area contributed by atoms with E-state index in [9.17, 15) is 9.90 Å². The summed E-state index contributed by atoms with van der Waals surface area (Å²) in [5.41, 5.74) is 1.70. The van der Waals surface area contributed by atoms with Crippen LogP contribution in [0, 0.1) is 11.8 Å². The monoisotopic (exact) mass is 334 g/mol. The fourth-order valence-corrected chi connectivity index (χ4v) is 4.70. The molecule has 2 bridgehead atoms. The molecular formula is C18H23ClN2O2. The van der Waals surface area contributed by atoms with Gasteiger partial charge >= 0.3 is 0 Å². The Labute approximate surface area is 142 Å². The number of carbonyl (C=O) groups excluding carboxylic acids is 1. The molecule has 2 heterocycles. The van der Waals surface area contributed by atoms with E-state index in [1.54, 1.807) is 0 Å². The van der Waals surface area contributed by atoms with E-state index in [-0.39, 0.29) is 23.8 Å². The number of amides is 1. The maximum Gasteiger partial charge on any atom is 0.253 e. The van der Waals surface area contributed by atoms with E-state index in [0.717, 1.165) is 31.6 Å². The molecule has 23 heavy (non-hydrogen) atoms. The number of rotatable bonds is 2. The fraction of sp³-hybridized carbons (Fsp3) is 0.611. The van der Waals surface area contributed by atoms with E-state index in [4.69, 9.17) is 11.6 Å². The normalized spacial score (nSPS) is 30.1. The minimum Gasteiger partial charge on any atom is -0.392 e. The number of halogens is 1. The third-order valence-electron chi connectivity index (χ3n) is 5.71. The van der Waals surface area contributed by atoms with Crippen LogP contribution in [0.25, 0.3) is 0 Å². The Morgan fingerprint density at radius 3 is 2.39 bits per heavy atom. The van der Waals surface area contributed by atoms with Gasteiger partial charge in [-0.05, 0) is 43.9 Å². The summed E-state index contributed by atoms with van der Waals surface area (Å²) in [5, 5.41) is 10.8. The predicted octanol–water partition coefficient (Wildman–Crippen LogP) is 2.78. The first-order chi connectivity index (χ1) is 11.1. The maximum absolute atomic E-state index is 12.8. The van der Waals surface area contributed by atoms with Crippen LogP contribution in [0.4, 0.5) is 5.69 Å². The van der Waals surface area contributed by atoms with Crippen molar-refractivity contribution in [2.45, 2.75) is 31.8 Å². The van der Waals surface area contributed by atoms with Gasteiger partial charge in [-0.3, -0.25) is 4.79 Å². The Morgan fingerprint density at radius 1 is 1.13 bits per heavy atom. The molecule has 0 aromatic heterocycles. The summed E-state index contributed by atoms with van der Waals surface area (Å²) in [6.45, 7) is 3.42. The zero-order valence-corrected chi connectivity index (χ0v) is 14.0. The van der Waals surface area contributed by atoms with Gasteiger partial charge in [0.2, 0.25) is 0 Å². The highest BCUT2D eigenvalue weighted by molar-refractivity contribution is 6.33. The van der Waals surface area contributed by atoms with Crippen LogP contribution >= 0.6 is 11.6 Å². The molecule has 1 unspecified atom stereocenters. The third-order valence-corrected chi connectivity index (χ3v) is 6.02. The van der Waals surface area contributed by atoms with Gasteiger partial charge in [-0.15, -0.1) is 0 Å². The number of benzene rings is 1. The molecule has 1 aromatic carbocycles. The lowest BCUT2D eigenvalue weighted by Crippen LogP contribution is -2.47. The van der Waals surface area contributed by atoms with E-state index < -0.39 is 0 Å². The van der Waals surface area contributed by atoms with Crippen molar-refractivity contribution in [3.63, 3.8) is 0 Å². The summed E-state index contributed by atoms with van der Waals surface area (Å²) in [7, 11) is 0. The lowest BCUT2D eigenvalue weighted by molar-refractivity contribution is 0.0166. The van der Waals surface area contributed by atoms with E-state index >= 15 is 0 Å². The van der Waals surface area contributed by atoms with Gasteiger partial charge in [0.05, 0.1) is 16.8 Å². The average molecular weight is 335 g/mol. The van der Waals surface area contributed by atoms with Crippen molar-refractivity contribution in [3.8, 4) is 0 Å². The van der Waals surface area contributed by atoms with Gasteiger partial charge in [0.25, 0.3) is 5.91 Å². The van der Waals surface area contributed by atoms with Gasteiger partial charge in [-0.1, -0.05) is 11.6 Å². The molecule has 124 valence electrons. The molecule has 1 aromatic rings. The number of anilines is 1. The number of aliphatic hydroxyl groups is 1. The number of piperidine rings is 1. The summed E-state index contributed by atoms with van der Waals surface area (Å²) in [6.07, 6.45) is 4.25. The van der Waals surface area contributed by atoms with E-state index in [1.165, 1.54) is 12.8 Å². The number of hydrogen-bond acceptors (Lipinski definition) is 3. The smallest absolute Gasteiger partial charge is 0.253 e. The minimum absolute atomic E-state index is 0.0451. The topological polar surface area (TPSA) is 43.8 Å². The van der Waals surface area contributed by atoms with Gasteiger partial charge < -0.3 is 14.9 Å². The van der Waals surface area contributed by atoms with Crippen LogP contribution in [0.15, 0.2) is 18.2 Å². The largest absolute Gasteiger partial charge is 0.392 e. The molecule has 4 rings (SSSR count). The van der Waals surface area contributed by atoms with E-state index in [1.807, 2.05) is 23.1 Å². The number of likely N-dealkylation sites (tertiary alicyclic amines) is 1. The van der Waals surface area contributed by atoms with Crippen molar-refractivity contribution in [3.05, 3.63) is 28.8 Å². The van der Waals surface area contributed by atoms with Crippen LogP contribution in [0.1, 0.15) is 36.0 Å². The summed E-state index contributed by atoms with van der Waals surface area (Å²) in [5.74, 6) is 0.540. The Balaban J connectivity index is 1.51. The van der Waals surface area contributed by atoms with Crippen molar-refractivity contribution >= 4 is 23.2 Å². The second-order valence-electron chi connectivity index (χ2n) is 7.16. The molecule has 1 amide bonds. The summed E-state index contributed by atoms with van der Waals surface area (Å²) >= 11 is 6.43. The van der Waals surface area contributed by atoms with Crippen LogP contribution in [0.3, 0.4) is 0 Å². The van der Waals surface area contributed by atoms with E-state index in [0.29, 0.717) is 23.7 Å². The van der Waals surface area contributed by atoms with Crippen LogP contribution in [-0.4, -0.2) is 48.2 Å². The summed E-state index contributed by atoms with van der Waals surface area (Å²) in [4.78, 5) is 17.0. The Morgan fingerprint density at radius 2 is 1.78 bits per heavy atom. The highest BCUT2D eigenvalue weighted by atomic mass is 35.5. The molecule has 1 saturated carbocycles. The van der Waals surface area contributed by atoms with Gasteiger partial charge in [-0.25, -0.2) is 0 Å². The van der Waals surface area contributed by atoms with Gasteiger partial charge in [0, 0.05) is 43.6 Å². The van der Waals surface area contributed by atoms with Crippen molar-refractivity contribution in [2.75, 3.05) is 31.1 Å². The molecule has 3 fully saturated rings. The second-order valence-corrected chi connectivity index (χ2v) is 7.57. The quantitative estimate of drug-likeness (QED) is 0.904. The summed E-state index contributed by atoms with van der Waals surface area (Å²) in [6, 6.07) is 5.69. The maximum atomic E-state index is 12.8. The number of carbonyl (C=O) groups is 1. The minimum atomic E-state index is -0.222. The molecule has 0 radical (unpaired) electrons. The first-order valence-corrected chi connectivity index (χ1v) is 9.03. The molecule has 4 nitrogen and oxygen atoms in total. The van der Waals surface area contributed by atoms with Crippen molar-refractivity contribution < 1.29 is 9.90 Å². The third kappa shape index (κ3) is 2.72. The zero-order chi connectivity index (χ0) is 16.0. The van der Waals surface area contributed by atoms with Crippen LogP contribution in [0.2, 0.25) is 5.02 Å². The molecule has 1 aliphatic carbocycles. The molecule has 0 spiro atoms. The van der Waals surface area contributed by atoms with Gasteiger partial charge in [-0.2, -0.15) is 0 Å². The van der Waals surface area contributed by atoms with Gasteiger partial charge in [0.15, 0.2) is 0 Å². The highest BCUT2D eigenvalue weighted by Crippen LogP contribution is 2.37. The first kappa shape index (κ1) is 15.3. The van der Waals surface area contributed by atoms with Crippen LogP contribution in [0.5, 0.6) is 0 Å². The second kappa shape index (κ2) is 5.99. The van der Waals surface area contributed by atoms with Crippen molar-refractivity contribution in [2.24, 2.45) is 11.8 Å². The SMILES string of the molecule is O=C(c1ccc(N2CCCC2)c(Cl)c1)N1C[C@H]2CC[C@@H](C1)C2O. The Bertz CT molecular complexity index is 601. The Kier molecular flexibility index (Phi) is 3.98. The van der Waals surface area contributed by atoms with E-state index in [2.05, 4.69) is 4.90 Å². The fourth-order valence-electron chi connectivity index (χ4n) is 4.40. The van der Waals surface area contributed by atoms with Crippen LogP contribution in [-0.2, 0) is 0 Å². The average Bonchev–Trinajstić information content (AvgIpc) is 3.12. The number of nitrogens with zero attached hydrogens (tertiary/aromatic N) is 2. The number of hydrogen-bond donors (Lipinski definition) is 1. The summed E-state index contributed by atoms with van der Waals surface area (Å²) < 4.78 is 0.